The van der Waals surface area contributed by atoms with E-state index in [9.17, 15) is 14.9 Å². The van der Waals surface area contributed by atoms with Gasteiger partial charge >= 0.3 is 0 Å². The van der Waals surface area contributed by atoms with Crippen LogP contribution in [0.1, 0.15) is 18.1 Å². The van der Waals surface area contributed by atoms with E-state index >= 15 is 0 Å². The van der Waals surface area contributed by atoms with Crippen LogP contribution in [-0.2, 0) is 4.79 Å². The molecule has 0 spiro atoms. The van der Waals surface area contributed by atoms with E-state index in [4.69, 9.17) is 4.74 Å². The topological polar surface area (TPSA) is 81.5 Å². The smallest absolute Gasteiger partial charge is 0.270 e. The Balaban J connectivity index is 2.09. The zero-order valence-electron chi connectivity index (χ0n) is 13.5. The van der Waals surface area contributed by atoms with Gasteiger partial charge in [0.1, 0.15) is 5.75 Å². The summed E-state index contributed by atoms with van der Waals surface area (Å²) in [6, 6.07) is 9.80. The van der Waals surface area contributed by atoms with Gasteiger partial charge in [-0.15, -0.1) is 0 Å². The number of anilines is 1. The van der Waals surface area contributed by atoms with Crippen molar-refractivity contribution in [1.29, 1.82) is 0 Å². The summed E-state index contributed by atoms with van der Waals surface area (Å²) < 4.78 is 6.16. The van der Waals surface area contributed by atoms with E-state index in [0.717, 1.165) is 11.1 Å². The monoisotopic (exact) mass is 392 g/mol. The molecule has 24 heavy (non-hydrogen) atoms. The summed E-state index contributed by atoms with van der Waals surface area (Å²) in [6.45, 7) is 5.56. The number of carbonyl (C=O) groups excluding carboxylic acids is 1. The van der Waals surface area contributed by atoms with Crippen molar-refractivity contribution in [2.45, 2.75) is 26.9 Å². The molecule has 1 amide bonds. The van der Waals surface area contributed by atoms with Gasteiger partial charge in [-0.05, 0) is 60.0 Å². The number of hydrogen-bond acceptors (Lipinski definition) is 4. The van der Waals surface area contributed by atoms with E-state index in [-0.39, 0.29) is 11.6 Å². The second-order valence-corrected chi connectivity index (χ2v) is 6.22. The van der Waals surface area contributed by atoms with Crippen molar-refractivity contribution in [3.05, 3.63) is 62.1 Å². The van der Waals surface area contributed by atoms with Crippen molar-refractivity contribution < 1.29 is 14.5 Å². The van der Waals surface area contributed by atoms with Crippen molar-refractivity contribution in [2.24, 2.45) is 0 Å². The molecule has 0 saturated carbocycles. The molecule has 0 bridgehead atoms. The van der Waals surface area contributed by atoms with Gasteiger partial charge in [-0.1, -0.05) is 12.1 Å². The molecular weight excluding hydrogens is 376 g/mol. The van der Waals surface area contributed by atoms with E-state index in [0.29, 0.717) is 15.9 Å². The van der Waals surface area contributed by atoms with Crippen LogP contribution in [0.4, 0.5) is 11.4 Å². The SMILES string of the molecule is Cc1cccc(OC(C)C(=O)Nc2ccc([N+](=O)[O-])cc2Br)c1C. The fourth-order valence-electron chi connectivity index (χ4n) is 2.05. The maximum absolute atomic E-state index is 12.3. The molecular formula is C17H17BrN2O4. The number of nitrogens with zero attached hydrogens (tertiary/aromatic N) is 1. The minimum atomic E-state index is -0.715. The highest BCUT2D eigenvalue weighted by atomic mass is 79.9. The molecule has 0 heterocycles. The Kier molecular flexibility index (Phi) is 5.56. The number of rotatable bonds is 5. The molecule has 0 radical (unpaired) electrons. The molecule has 6 nitrogen and oxygen atoms in total. The third kappa shape index (κ3) is 4.11. The van der Waals surface area contributed by atoms with E-state index in [1.807, 2.05) is 32.0 Å². The van der Waals surface area contributed by atoms with Crippen LogP contribution < -0.4 is 10.1 Å². The lowest BCUT2D eigenvalue weighted by Crippen LogP contribution is -2.30. The molecule has 2 aromatic rings. The average molecular weight is 393 g/mol. The minimum Gasteiger partial charge on any atom is -0.481 e. The fraction of sp³-hybridized carbons (Fsp3) is 0.235. The number of non-ortho nitro benzene ring substituents is 1. The molecule has 1 unspecified atom stereocenters. The zero-order valence-corrected chi connectivity index (χ0v) is 15.1. The number of ether oxygens (including phenoxy) is 1. The summed E-state index contributed by atoms with van der Waals surface area (Å²) in [5.74, 6) is 0.311. The second kappa shape index (κ2) is 7.44. The van der Waals surface area contributed by atoms with Crippen LogP contribution in [-0.4, -0.2) is 16.9 Å². The quantitative estimate of drug-likeness (QED) is 0.604. The van der Waals surface area contributed by atoms with Gasteiger partial charge in [0.25, 0.3) is 11.6 Å². The summed E-state index contributed by atoms with van der Waals surface area (Å²) in [5.41, 5.74) is 2.45. The number of nitrogens with one attached hydrogen (secondary N) is 1. The lowest BCUT2D eigenvalue weighted by atomic mass is 10.1. The van der Waals surface area contributed by atoms with E-state index in [2.05, 4.69) is 21.2 Å². The largest absolute Gasteiger partial charge is 0.481 e. The van der Waals surface area contributed by atoms with Crippen molar-refractivity contribution in [2.75, 3.05) is 5.32 Å². The molecule has 126 valence electrons. The number of hydrogen-bond donors (Lipinski definition) is 1. The summed E-state index contributed by atoms with van der Waals surface area (Å²) in [4.78, 5) is 22.5. The first-order valence-electron chi connectivity index (χ1n) is 7.27. The number of halogens is 1. The third-order valence-corrected chi connectivity index (χ3v) is 4.31. The van der Waals surface area contributed by atoms with E-state index < -0.39 is 11.0 Å². The first-order chi connectivity index (χ1) is 11.3. The zero-order chi connectivity index (χ0) is 17.9. The Morgan fingerprint density at radius 1 is 1.29 bits per heavy atom. The Bertz CT molecular complexity index is 792. The van der Waals surface area contributed by atoms with Gasteiger partial charge in [0.2, 0.25) is 0 Å². The highest BCUT2D eigenvalue weighted by Gasteiger charge is 2.18. The van der Waals surface area contributed by atoms with Crippen LogP contribution in [0, 0.1) is 24.0 Å². The first kappa shape index (κ1) is 17.9. The van der Waals surface area contributed by atoms with Gasteiger partial charge in [0, 0.05) is 16.6 Å². The Labute approximate surface area is 148 Å². The van der Waals surface area contributed by atoms with Gasteiger partial charge in [-0.2, -0.15) is 0 Å². The third-order valence-electron chi connectivity index (χ3n) is 3.65. The van der Waals surface area contributed by atoms with Crippen LogP contribution in [0.2, 0.25) is 0 Å². The predicted molar refractivity (Wildman–Crippen MR) is 95.4 cm³/mol. The number of aryl methyl sites for hydroxylation is 1. The second-order valence-electron chi connectivity index (χ2n) is 5.37. The normalized spacial score (nSPS) is 11.7. The lowest BCUT2D eigenvalue weighted by Gasteiger charge is -2.17. The van der Waals surface area contributed by atoms with Crippen molar-refractivity contribution in [3.8, 4) is 5.75 Å². The van der Waals surface area contributed by atoms with Crippen LogP contribution >= 0.6 is 15.9 Å². The molecule has 0 aromatic heterocycles. The summed E-state index contributed by atoms with van der Waals surface area (Å²) in [5, 5.41) is 13.4. The first-order valence-corrected chi connectivity index (χ1v) is 8.06. The average Bonchev–Trinajstić information content (AvgIpc) is 2.53. The number of amides is 1. The van der Waals surface area contributed by atoms with Crippen LogP contribution in [0.15, 0.2) is 40.9 Å². The van der Waals surface area contributed by atoms with Crippen LogP contribution in [0.3, 0.4) is 0 Å². The van der Waals surface area contributed by atoms with Crippen LogP contribution in [0.25, 0.3) is 0 Å². The standard InChI is InChI=1S/C17H17BrN2O4/c1-10-5-4-6-16(11(10)2)24-12(3)17(21)19-15-8-7-13(20(22)23)9-14(15)18/h4-9,12H,1-3H3,(H,19,21). The molecule has 1 N–H and O–H groups in total. The van der Waals surface area contributed by atoms with Crippen molar-refractivity contribution in [3.63, 3.8) is 0 Å². The van der Waals surface area contributed by atoms with Gasteiger partial charge < -0.3 is 10.1 Å². The van der Waals surface area contributed by atoms with E-state index in [1.54, 1.807) is 6.92 Å². The van der Waals surface area contributed by atoms with Crippen molar-refractivity contribution >= 4 is 33.2 Å². The molecule has 2 rings (SSSR count). The molecule has 2 aromatic carbocycles. The van der Waals surface area contributed by atoms with Crippen molar-refractivity contribution in [1.82, 2.24) is 0 Å². The van der Waals surface area contributed by atoms with Gasteiger partial charge in [-0.3, -0.25) is 14.9 Å². The summed E-state index contributed by atoms with van der Waals surface area (Å²) >= 11 is 3.22. The lowest BCUT2D eigenvalue weighted by molar-refractivity contribution is -0.384. The molecule has 0 aliphatic rings. The highest BCUT2D eigenvalue weighted by Crippen LogP contribution is 2.27. The molecule has 0 aliphatic carbocycles. The molecule has 0 fully saturated rings. The Hall–Kier alpha value is -2.41. The van der Waals surface area contributed by atoms with Gasteiger partial charge in [0.05, 0.1) is 10.6 Å². The maximum atomic E-state index is 12.3. The Morgan fingerprint density at radius 2 is 2.00 bits per heavy atom. The number of benzene rings is 2. The Morgan fingerprint density at radius 3 is 2.62 bits per heavy atom. The molecule has 1 atom stereocenters. The summed E-state index contributed by atoms with van der Waals surface area (Å²) in [7, 11) is 0. The number of nitro groups is 1. The van der Waals surface area contributed by atoms with Crippen LogP contribution in [0.5, 0.6) is 5.75 Å². The minimum absolute atomic E-state index is 0.0560. The van der Waals surface area contributed by atoms with Gasteiger partial charge in [-0.25, -0.2) is 0 Å². The number of nitro benzene ring substituents is 1. The molecule has 0 aliphatic heterocycles. The van der Waals surface area contributed by atoms with Gasteiger partial charge in [0.15, 0.2) is 6.10 Å². The molecule has 0 saturated heterocycles. The molecule has 7 heteroatoms. The highest BCUT2D eigenvalue weighted by molar-refractivity contribution is 9.10. The fourth-order valence-corrected chi connectivity index (χ4v) is 2.51. The van der Waals surface area contributed by atoms with E-state index in [1.165, 1.54) is 18.2 Å². The number of carbonyl (C=O) groups is 1. The maximum Gasteiger partial charge on any atom is 0.270 e. The summed E-state index contributed by atoms with van der Waals surface area (Å²) in [6.07, 6.45) is -0.715. The predicted octanol–water partition coefficient (Wildman–Crippen LogP) is 4.38.